The minimum atomic E-state index is 0.407. The van der Waals surface area contributed by atoms with Crippen LogP contribution in [0.1, 0.15) is 35.8 Å². The molecule has 1 aliphatic rings. The standard InChI is InChI=1S/C15H19N3/c1-10-6-3-4-7-12(10)14-11(2)17-18-15(14)13-8-5-9-16-13/h3-4,6-7,13,16H,5,8-9H2,1-2H3,(H,17,18). The van der Waals surface area contributed by atoms with E-state index in [1.54, 1.807) is 0 Å². The number of aromatic nitrogens is 2. The lowest BCUT2D eigenvalue weighted by molar-refractivity contribution is 0.626. The summed E-state index contributed by atoms with van der Waals surface area (Å²) in [5, 5.41) is 11.2. The number of hydrogen-bond donors (Lipinski definition) is 2. The summed E-state index contributed by atoms with van der Waals surface area (Å²) in [6.07, 6.45) is 2.42. The van der Waals surface area contributed by atoms with E-state index in [4.69, 9.17) is 0 Å². The van der Waals surface area contributed by atoms with Gasteiger partial charge in [0, 0.05) is 11.3 Å². The number of aromatic amines is 1. The first-order valence-electron chi connectivity index (χ1n) is 6.61. The fourth-order valence-electron chi connectivity index (χ4n) is 2.81. The van der Waals surface area contributed by atoms with Gasteiger partial charge in [0.1, 0.15) is 0 Å². The third-order valence-corrected chi connectivity index (χ3v) is 3.78. The molecule has 1 aliphatic heterocycles. The number of benzene rings is 1. The number of nitrogens with zero attached hydrogens (tertiary/aromatic N) is 1. The number of nitrogens with one attached hydrogen (secondary N) is 2. The van der Waals surface area contributed by atoms with Crippen LogP contribution in [0.25, 0.3) is 11.1 Å². The lowest BCUT2D eigenvalue weighted by atomic mass is 9.95. The van der Waals surface area contributed by atoms with Crippen LogP contribution in [-0.2, 0) is 0 Å². The van der Waals surface area contributed by atoms with Crippen LogP contribution in [0.15, 0.2) is 24.3 Å². The summed E-state index contributed by atoms with van der Waals surface area (Å²) in [6, 6.07) is 8.94. The molecule has 1 saturated heterocycles. The molecule has 2 N–H and O–H groups in total. The highest BCUT2D eigenvalue weighted by atomic mass is 15.1. The molecule has 3 heteroatoms. The Morgan fingerprint density at radius 2 is 2.06 bits per heavy atom. The molecule has 0 bridgehead atoms. The molecule has 1 unspecified atom stereocenters. The molecular formula is C15H19N3. The third kappa shape index (κ3) is 1.85. The van der Waals surface area contributed by atoms with E-state index >= 15 is 0 Å². The molecule has 0 spiro atoms. The molecule has 1 aromatic heterocycles. The zero-order chi connectivity index (χ0) is 12.5. The van der Waals surface area contributed by atoms with Crippen LogP contribution in [0.3, 0.4) is 0 Å². The third-order valence-electron chi connectivity index (χ3n) is 3.78. The van der Waals surface area contributed by atoms with E-state index in [-0.39, 0.29) is 0 Å². The molecule has 3 nitrogen and oxygen atoms in total. The second kappa shape index (κ2) is 4.58. The zero-order valence-electron chi connectivity index (χ0n) is 11.0. The summed E-state index contributed by atoms with van der Waals surface area (Å²) < 4.78 is 0. The van der Waals surface area contributed by atoms with Gasteiger partial charge in [-0.2, -0.15) is 5.10 Å². The van der Waals surface area contributed by atoms with Crippen LogP contribution in [-0.4, -0.2) is 16.7 Å². The van der Waals surface area contributed by atoms with Gasteiger partial charge in [0.15, 0.2) is 0 Å². The maximum Gasteiger partial charge on any atom is 0.0872 e. The van der Waals surface area contributed by atoms with Gasteiger partial charge in [0.25, 0.3) is 0 Å². The van der Waals surface area contributed by atoms with Crippen LogP contribution >= 0.6 is 0 Å². The molecule has 0 amide bonds. The van der Waals surface area contributed by atoms with Gasteiger partial charge in [0.2, 0.25) is 0 Å². The molecule has 94 valence electrons. The van der Waals surface area contributed by atoms with Crippen LogP contribution < -0.4 is 5.32 Å². The molecule has 3 rings (SSSR count). The molecule has 0 saturated carbocycles. The maximum atomic E-state index is 4.53. The van der Waals surface area contributed by atoms with Gasteiger partial charge in [-0.05, 0) is 44.4 Å². The maximum absolute atomic E-state index is 4.53. The summed E-state index contributed by atoms with van der Waals surface area (Å²) in [5.74, 6) is 0. The van der Waals surface area contributed by atoms with E-state index in [1.165, 1.54) is 35.2 Å². The molecule has 0 radical (unpaired) electrons. The number of rotatable bonds is 2. The van der Waals surface area contributed by atoms with E-state index < -0.39 is 0 Å². The highest BCUT2D eigenvalue weighted by Crippen LogP contribution is 2.34. The topological polar surface area (TPSA) is 40.7 Å². The van der Waals surface area contributed by atoms with Gasteiger partial charge < -0.3 is 5.32 Å². The van der Waals surface area contributed by atoms with Crippen LogP contribution in [0.4, 0.5) is 0 Å². The number of hydrogen-bond acceptors (Lipinski definition) is 2. The van der Waals surface area contributed by atoms with Crippen molar-refractivity contribution in [3.05, 3.63) is 41.2 Å². The Morgan fingerprint density at radius 1 is 1.22 bits per heavy atom. The first-order chi connectivity index (χ1) is 8.77. The molecule has 1 atom stereocenters. The lowest BCUT2D eigenvalue weighted by Gasteiger charge is -2.12. The van der Waals surface area contributed by atoms with Gasteiger partial charge in [-0.15, -0.1) is 0 Å². The van der Waals surface area contributed by atoms with E-state index in [0.29, 0.717) is 6.04 Å². The fourth-order valence-corrected chi connectivity index (χ4v) is 2.81. The van der Waals surface area contributed by atoms with Gasteiger partial charge in [-0.25, -0.2) is 0 Å². The Balaban J connectivity index is 2.11. The first kappa shape index (κ1) is 11.5. The number of H-pyrrole nitrogens is 1. The average Bonchev–Trinajstić information content (AvgIpc) is 2.99. The predicted octanol–water partition coefficient (Wildman–Crippen LogP) is 3.12. The summed E-state index contributed by atoms with van der Waals surface area (Å²) in [6.45, 7) is 5.37. The zero-order valence-corrected chi connectivity index (χ0v) is 11.0. The Labute approximate surface area is 108 Å². The van der Waals surface area contributed by atoms with Crippen molar-refractivity contribution in [1.29, 1.82) is 0 Å². The van der Waals surface area contributed by atoms with Crippen molar-refractivity contribution in [2.75, 3.05) is 6.54 Å². The van der Waals surface area contributed by atoms with Crippen LogP contribution in [0.2, 0.25) is 0 Å². The van der Waals surface area contributed by atoms with Gasteiger partial charge in [-0.3, -0.25) is 5.10 Å². The van der Waals surface area contributed by atoms with Gasteiger partial charge >= 0.3 is 0 Å². The van der Waals surface area contributed by atoms with Crippen molar-refractivity contribution in [1.82, 2.24) is 15.5 Å². The monoisotopic (exact) mass is 241 g/mol. The minimum Gasteiger partial charge on any atom is -0.309 e. The van der Waals surface area contributed by atoms with Crippen molar-refractivity contribution in [2.45, 2.75) is 32.7 Å². The second-order valence-corrected chi connectivity index (χ2v) is 5.07. The molecule has 1 aromatic carbocycles. The SMILES string of the molecule is Cc1ccccc1-c1c(C2CCCN2)n[nH]c1C. The van der Waals surface area contributed by atoms with Crippen molar-refractivity contribution in [3.8, 4) is 11.1 Å². The van der Waals surface area contributed by atoms with Crippen molar-refractivity contribution >= 4 is 0 Å². The Kier molecular flexibility index (Phi) is 2.92. The van der Waals surface area contributed by atoms with Crippen molar-refractivity contribution in [2.24, 2.45) is 0 Å². The van der Waals surface area contributed by atoms with Gasteiger partial charge in [-0.1, -0.05) is 24.3 Å². The molecule has 2 heterocycles. The highest BCUT2D eigenvalue weighted by molar-refractivity contribution is 5.72. The lowest BCUT2D eigenvalue weighted by Crippen LogP contribution is -2.14. The quantitative estimate of drug-likeness (QED) is 0.848. The summed E-state index contributed by atoms with van der Waals surface area (Å²) in [5.41, 5.74) is 6.23. The largest absolute Gasteiger partial charge is 0.309 e. The van der Waals surface area contributed by atoms with Crippen LogP contribution in [0, 0.1) is 13.8 Å². The second-order valence-electron chi connectivity index (χ2n) is 5.07. The van der Waals surface area contributed by atoms with E-state index in [9.17, 15) is 0 Å². The Morgan fingerprint density at radius 3 is 2.78 bits per heavy atom. The van der Waals surface area contributed by atoms with E-state index in [1.807, 2.05) is 0 Å². The predicted molar refractivity (Wildman–Crippen MR) is 73.5 cm³/mol. The number of aryl methyl sites for hydroxylation is 2. The molecule has 1 fully saturated rings. The first-order valence-corrected chi connectivity index (χ1v) is 6.61. The smallest absolute Gasteiger partial charge is 0.0872 e. The van der Waals surface area contributed by atoms with E-state index in [2.05, 4.69) is 53.6 Å². The van der Waals surface area contributed by atoms with Gasteiger partial charge in [0.05, 0.1) is 11.7 Å². The van der Waals surface area contributed by atoms with Crippen molar-refractivity contribution < 1.29 is 0 Å². The van der Waals surface area contributed by atoms with E-state index in [0.717, 1.165) is 12.2 Å². The normalized spacial score (nSPS) is 19.3. The summed E-state index contributed by atoms with van der Waals surface area (Å²) >= 11 is 0. The molecule has 2 aromatic rings. The average molecular weight is 241 g/mol. The minimum absolute atomic E-state index is 0.407. The molecular weight excluding hydrogens is 222 g/mol. The highest BCUT2D eigenvalue weighted by Gasteiger charge is 2.24. The summed E-state index contributed by atoms with van der Waals surface area (Å²) in [7, 11) is 0. The van der Waals surface area contributed by atoms with Crippen LogP contribution in [0.5, 0.6) is 0 Å². The summed E-state index contributed by atoms with van der Waals surface area (Å²) in [4.78, 5) is 0. The Hall–Kier alpha value is -1.61. The Bertz CT molecular complexity index is 551. The molecule has 18 heavy (non-hydrogen) atoms. The fraction of sp³-hybridized carbons (Fsp3) is 0.400. The van der Waals surface area contributed by atoms with Crippen molar-refractivity contribution in [3.63, 3.8) is 0 Å². The molecule has 0 aliphatic carbocycles.